The number of rotatable bonds is 4. The summed E-state index contributed by atoms with van der Waals surface area (Å²) >= 11 is 3.38. The molecule has 0 bridgehead atoms. The number of nitrogens with zero attached hydrogens (tertiary/aromatic N) is 2. The summed E-state index contributed by atoms with van der Waals surface area (Å²) in [6.45, 7) is 0.705. The van der Waals surface area contributed by atoms with Gasteiger partial charge in [0.15, 0.2) is 0 Å². The summed E-state index contributed by atoms with van der Waals surface area (Å²) < 4.78 is 0.991. The Bertz CT molecular complexity index is 660. The molecule has 5 heteroatoms. The fourth-order valence-corrected chi connectivity index (χ4v) is 2.12. The lowest BCUT2D eigenvalue weighted by Gasteiger charge is -2.07. The molecule has 0 aliphatic heterocycles. The van der Waals surface area contributed by atoms with Gasteiger partial charge in [-0.25, -0.2) is 0 Å². The molecule has 2 N–H and O–H groups in total. The first kappa shape index (κ1) is 12.9. The molecule has 0 amide bonds. The topological polar surface area (TPSA) is 53.6 Å². The van der Waals surface area contributed by atoms with Gasteiger partial charge in [-0.3, -0.25) is 10.1 Å². The first-order valence-corrected chi connectivity index (χ1v) is 7.05. The van der Waals surface area contributed by atoms with Crippen LogP contribution < -0.4 is 5.32 Å². The molecule has 0 saturated heterocycles. The highest BCUT2D eigenvalue weighted by Gasteiger charge is 1.99. The van der Waals surface area contributed by atoms with Crippen LogP contribution in [0.25, 0.3) is 11.3 Å². The lowest BCUT2D eigenvalue weighted by Crippen LogP contribution is -2.01. The van der Waals surface area contributed by atoms with E-state index in [9.17, 15) is 0 Å². The van der Waals surface area contributed by atoms with E-state index in [4.69, 9.17) is 0 Å². The highest BCUT2D eigenvalue weighted by Crippen LogP contribution is 2.19. The maximum atomic E-state index is 4.33. The van der Waals surface area contributed by atoms with E-state index in [1.807, 2.05) is 18.2 Å². The molecule has 20 heavy (non-hydrogen) atoms. The average Bonchev–Trinajstić information content (AvgIpc) is 3.01. The van der Waals surface area contributed by atoms with Crippen LogP contribution in [0.2, 0.25) is 0 Å². The van der Waals surface area contributed by atoms with Gasteiger partial charge in [-0.2, -0.15) is 5.10 Å². The van der Waals surface area contributed by atoms with Gasteiger partial charge in [0, 0.05) is 22.6 Å². The molecule has 0 radical (unpaired) electrons. The Morgan fingerprint density at radius 3 is 2.55 bits per heavy atom. The predicted molar refractivity (Wildman–Crippen MR) is 83.3 cm³/mol. The highest BCUT2D eigenvalue weighted by molar-refractivity contribution is 9.10. The lowest BCUT2D eigenvalue weighted by molar-refractivity contribution is 1.04. The van der Waals surface area contributed by atoms with Crippen molar-refractivity contribution < 1.29 is 0 Å². The number of H-pyrrole nitrogens is 1. The lowest BCUT2D eigenvalue weighted by atomic mass is 10.1. The van der Waals surface area contributed by atoms with E-state index in [0.29, 0.717) is 6.54 Å². The number of aromatic nitrogens is 3. The Morgan fingerprint density at radius 2 is 1.90 bits per heavy atom. The Balaban J connectivity index is 1.65. The molecule has 0 aliphatic rings. The van der Waals surface area contributed by atoms with Crippen LogP contribution in [0.15, 0.2) is 59.3 Å². The second-order valence-corrected chi connectivity index (χ2v) is 5.28. The minimum atomic E-state index is 0.705. The number of pyridine rings is 1. The van der Waals surface area contributed by atoms with Crippen molar-refractivity contribution in [2.45, 2.75) is 6.54 Å². The maximum absolute atomic E-state index is 4.33. The van der Waals surface area contributed by atoms with E-state index >= 15 is 0 Å². The van der Waals surface area contributed by atoms with Gasteiger partial charge in [0.1, 0.15) is 0 Å². The molecule has 2 heterocycles. The highest BCUT2D eigenvalue weighted by atomic mass is 79.9. The number of halogens is 1. The van der Waals surface area contributed by atoms with Crippen molar-refractivity contribution in [1.82, 2.24) is 15.2 Å². The van der Waals surface area contributed by atoms with Gasteiger partial charge in [0.2, 0.25) is 0 Å². The summed E-state index contributed by atoms with van der Waals surface area (Å²) in [4.78, 5) is 4.33. The molecular weight excluding hydrogens is 316 g/mol. The van der Waals surface area contributed by atoms with Crippen molar-refractivity contribution in [1.29, 1.82) is 0 Å². The number of aromatic amines is 1. The predicted octanol–water partition coefficient (Wildman–Crippen LogP) is 3.85. The minimum Gasteiger partial charge on any atom is -0.379 e. The van der Waals surface area contributed by atoms with Crippen LogP contribution in [0.3, 0.4) is 0 Å². The number of hydrogen-bond donors (Lipinski definition) is 2. The van der Waals surface area contributed by atoms with E-state index in [2.05, 4.69) is 60.7 Å². The Hall–Kier alpha value is -2.14. The van der Waals surface area contributed by atoms with Gasteiger partial charge >= 0.3 is 0 Å². The molecule has 100 valence electrons. The van der Waals surface area contributed by atoms with Crippen LogP contribution in [-0.4, -0.2) is 15.2 Å². The Kier molecular flexibility index (Phi) is 3.78. The van der Waals surface area contributed by atoms with Crippen molar-refractivity contribution in [2.75, 3.05) is 5.32 Å². The number of hydrogen-bond acceptors (Lipinski definition) is 3. The van der Waals surface area contributed by atoms with E-state index in [-0.39, 0.29) is 0 Å². The van der Waals surface area contributed by atoms with Crippen molar-refractivity contribution in [3.05, 3.63) is 65.0 Å². The first-order chi connectivity index (χ1) is 9.81. The Labute approximate surface area is 125 Å². The van der Waals surface area contributed by atoms with Gasteiger partial charge in [-0.15, -0.1) is 0 Å². The monoisotopic (exact) mass is 328 g/mol. The largest absolute Gasteiger partial charge is 0.379 e. The molecule has 1 aromatic carbocycles. The molecule has 0 saturated carbocycles. The second-order valence-electron chi connectivity index (χ2n) is 4.37. The van der Waals surface area contributed by atoms with Crippen LogP contribution in [-0.2, 0) is 6.54 Å². The van der Waals surface area contributed by atoms with Gasteiger partial charge in [0.05, 0.1) is 17.9 Å². The van der Waals surface area contributed by atoms with Gasteiger partial charge < -0.3 is 5.32 Å². The van der Waals surface area contributed by atoms with Crippen LogP contribution in [0.5, 0.6) is 0 Å². The minimum absolute atomic E-state index is 0.705. The summed E-state index contributed by atoms with van der Waals surface area (Å²) in [5.74, 6) is 0. The first-order valence-electron chi connectivity index (χ1n) is 6.25. The van der Waals surface area contributed by atoms with Crippen molar-refractivity contribution >= 4 is 21.6 Å². The molecule has 0 aliphatic carbocycles. The van der Waals surface area contributed by atoms with E-state index < -0.39 is 0 Å². The zero-order valence-corrected chi connectivity index (χ0v) is 12.3. The quantitative estimate of drug-likeness (QED) is 0.764. The normalized spacial score (nSPS) is 10.4. The maximum Gasteiger partial charge on any atom is 0.0650 e. The van der Waals surface area contributed by atoms with E-state index in [1.54, 1.807) is 12.4 Å². The third-order valence-corrected chi connectivity index (χ3v) is 3.43. The number of anilines is 1. The van der Waals surface area contributed by atoms with Crippen molar-refractivity contribution in [3.8, 4) is 11.3 Å². The smallest absolute Gasteiger partial charge is 0.0650 e. The summed E-state index contributed by atoms with van der Waals surface area (Å²) in [6, 6.07) is 14.2. The van der Waals surface area contributed by atoms with Crippen molar-refractivity contribution in [3.63, 3.8) is 0 Å². The van der Waals surface area contributed by atoms with Crippen LogP contribution in [0.1, 0.15) is 5.69 Å². The summed E-state index contributed by atoms with van der Waals surface area (Å²) in [7, 11) is 0. The third kappa shape index (κ3) is 3.05. The molecule has 3 aromatic rings. The molecule has 0 atom stereocenters. The number of benzene rings is 1. The molecule has 0 fully saturated rings. The second kappa shape index (κ2) is 5.88. The summed E-state index contributed by atoms with van der Waals surface area (Å²) in [5.41, 5.74) is 4.21. The fourth-order valence-electron chi connectivity index (χ4n) is 1.89. The Morgan fingerprint density at radius 1 is 1.05 bits per heavy atom. The molecule has 3 rings (SSSR count). The third-order valence-electron chi connectivity index (χ3n) is 2.96. The summed E-state index contributed by atoms with van der Waals surface area (Å²) in [5, 5.41) is 10.3. The SMILES string of the molecule is Brc1ccc(CNc2ccc(-c3ccn[nH]3)cc2)nc1. The summed E-state index contributed by atoms with van der Waals surface area (Å²) in [6.07, 6.45) is 3.55. The van der Waals surface area contributed by atoms with Crippen LogP contribution in [0.4, 0.5) is 5.69 Å². The number of nitrogens with one attached hydrogen (secondary N) is 2. The van der Waals surface area contributed by atoms with Gasteiger partial charge in [-0.1, -0.05) is 12.1 Å². The zero-order valence-electron chi connectivity index (χ0n) is 10.7. The molecule has 0 unspecified atom stereocenters. The zero-order chi connectivity index (χ0) is 13.8. The van der Waals surface area contributed by atoms with E-state index in [1.165, 1.54) is 0 Å². The molecule has 4 nitrogen and oxygen atoms in total. The van der Waals surface area contributed by atoms with Crippen LogP contribution in [0, 0.1) is 0 Å². The standard InChI is InChI=1S/C15H13BrN4/c16-12-3-6-14(17-9-12)10-18-13-4-1-11(2-5-13)15-7-8-19-20-15/h1-9,18H,10H2,(H,19,20). The molecular formula is C15H13BrN4. The van der Waals surface area contributed by atoms with Crippen molar-refractivity contribution in [2.24, 2.45) is 0 Å². The fraction of sp³-hybridized carbons (Fsp3) is 0.0667. The molecule has 0 spiro atoms. The molecule has 2 aromatic heterocycles. The average molecular weight is 329 g/mol. The van der Waals surface area contributed by atoms with Gasteiger partial charge in [0.25, 0.3) is 0 Å². The van der Waals surface area contributed by atoms with Gasteiger partial charge in [-0.05, 0) is 51.8 Å². The van der Waals surface area contributed by atoms with E-state index in [0.717, 1.165) is 27.1 Å². The van der Waals surface area contributed by atoms with Crippen LogP contribution >= 0.6 is 15.9 Å².